The number of rotatable bonds is 9. The van der Waals surface area contributed by atoms with Crippen molar-refractivity contribution < 1.29 is 21.6 Å². The molecule has 34 heavy (non-hydrogen) atoms. The van der Waals surface area contributed by atoms with Crippen LogP contribution in [0, 0.1) is 12.8 Å². The van der Waals surface area contributed by atoms with E-state index in [1.54, 1.807) is 18.2 Å². The van der Waals surface area contributed by atoms with Crippen LogP contribution in [0.2, 0.25) is 0 Å². The lowest BCUT2D eigenvalue weighted by Gasteiger charge is -2.15. The Hall–Kier alpha value is -2.51. The molecule has 1 fully saturated rings. The van der Waals surface area contributed by atoms with Crippen LogP contribution in [0.5, 0.6) is 0 Å². The van der Waals surface area contributed by atoms with Gasteiger partial charge in [0.15, 0.2) is 0 Å². The van der Waals surface area contributed by atoms with Crippen LogP contribution in [-0.2, 0) is 25.3 Å². The van der Waals surface area contributed by atoms with Gasteiger partial charge in [0.25, 0.3) is 0 Å². The molecule has 0 saturated heterocycles. The number of ketones is 1. The van der Waals surface area contributed by atoms with Gasteiger partial charge in [0.2, 0.25) is 5.78 Å². The summed E-state index contributed by atoms with van der Waals surface area (Å²) in [6, 6.07) is 10.8. The minimum Gasteiger partial charge on any atom is -0.367 e. The Morgan fingerprint density at radius 3 is 2.79 bits per heavy atom. The standard InChI is InChI=1S/C22H24N4O5S3/c1-14-20(33(28)17-5-3-2-4-6-17)10-19(32-14)21(27)18-11-24-13-25-22(18)26-16-8-7-15(9-16)12-31-34(23,29)30/h2-6,10-11,13,15-16H,7-9,12H2,1H3,(H2,23,29,30)(H,24,25,26)/t15-,16+,33?/m1/s1. The summed E-state index contributed by atoms with van der Waals surface area (Å²) >= 11 is 1.29. The second kappa shape index (κ2) is 10.4. The number of aryl methyl sites for hydroxylation is 1. The number of anilines is 1. The van der Waals surface area contributed by atoms with E-state index in [1.165, 1.54) is 23.9 Å². The number of aromatic nitrogens is 2. The largest absolute Gasteiger partial charge is 0.367 e. The van der Waals surface area contributed by atoms with Gasteiger partial charge < -0.3 is 5.32 Å². The molecular formula is C22H24N4O5S3. The highest BCUT2D eigenvalue weighted by Gasteiger charge is 2.28. The van der Waals surface area contributed by atoms with Gasteiger partial charge in [-0.3, -0.25) is 8.98 Å². The van der Waals surface area contributed by atoms with Crippen molar-refractivity contribution >= 4 is 44.0 Å². The first kappa shape index (κ1) is 24.6. The van der Waals surface area contributed by atoms with Gasteiger partial charge in [-0.25, -0.2) is 19.3 Å². The predicted octanol–water partition coefficient (Wildman–Crippen LogP) is 3.04. The predicted molar refractivity (Wildman–Crippen MR) is 129 cm³/mol. The normalized spacial score (nSPS) is 19.1. The average molecular weight is 521 g/mol. The number of hydrogen-bond donors (Lipinski definition) is 2. The van der Waals surface area contributed by atoms with Gasteiger partial charge in [-0.15, -0.1) is 11.3 Å². The third-order valence-electron chi connectivity index (χ3n) is 5.56. The zero-order chi connectivity index (χ0) is 24.3. The Morgan fingerprint density at radius 2 is 2.06 bits per heavy atom. The fourth-order valence-corrected chi connectivity index (χ4v) is 6.74. The summed E-state index contributed by atoms with van der Waals surface area (Å²) in [5.74, 6) is 0.196. The van der Waals surface area contributed by atoms with E-state index in [2.05, 4.69) is 15.3 Å². The second-order valence-corrected chi connectivity index (χ2v) is 12.0. The molecular weight excluding hydrogens is 496 g/mol. The van der Waals surface area contributed by atoms with Gasteiger partial charge in [0.1, 0.15) is 12.1 Å². The molecule has 9 nitrogen and oxygen atoms in total. The molecule has 1 saturated carbocycles. The molecule has 0 aliphatic heterocycles. The smallest absolute Gasteiger partial charge is 0.333 e. The van der Waals surface area contributed by atoms with Crippen LogP contribution in [0.15, 0.2) is 58.7 Å². The SMILES string of the molecule is Cc1sc(C(=O)c2cncnc2N[C@H]2CC[C@@H](COS(N)(=O)=O)C2)cc1S(=O)c1ccccc1. The van der Waals surface area contributed by atoms with E-state index in [-0.39, 0.29) is 24.3 Å². The molecule has 3 N–H and O–H groups in total. The van der Waals surface area contributed by atoms with Crippen LogP contribution in [0.3, 0.4) is 0 Å². The molecule has 3 aromatic rings. The van der Waals surface area contributed by atoms with E-state index in [4.69, 9.17) is 9.32 Å². The van der Waals surface area contributed by atoms with Gasteiger partial charge in [0.05, 0.1) is 32.7 Å². The van der Waals surface area contributed by atoms with Crippen LogP contribution in [0.4, 0.5) is 5.82 Å². The molecule has 2 heterocycles. The second-order valence-electron chi connectivity index (χ2n) is 8.02. The minimum atomic E-state index is -3.97. The number of carbonyl (C=O) groups excluding carboxylic acids is 1. The van der Waals surface area contributed by atoms with E-state index >= 15 is 0 Å². The summed E-state index contributed by atoms with van der Waals surface area (Å²) in [5, 5.41) is 8.20. The average Bonchev–Trinajstić information content (AvgIpc) is 3.43. The van der Waals surface area contributed by atoms with E-state index in [1.807, 2.05) is 25.1 Å². The third-order valence-corrected chi connectivity index (χ3v) is 8.73. The van der Waals surface area contributed by atoms with Gasteiger partial charge in [0, 0.05) is 22.0 Å². The monoisotopic (exact) mass is 520 g/mol. The number of nitrogens with two attached hydrogens (primary N) is 1. The maximum atomic E-state index is 13.3. The summed E-state index contributed by atoms with van der Waals surface area (Å²) < 4.78 is 39.8. The number of thiophene rings is 1. The van der Waals surface area contributed by atoms with Crippen molar-refractivity contribution in [2.24, 2.45) is 11.1 Å². The maximum absolute atomic E-state index is 13.3. The fourth-order valence-electron chi connectivity index (χ4n) is 3.92. The van der Waals surface area contributed by atoms with Gasteiger partial charge in [-0.1, -0.05) is 18.2 Å². The molecule has 12 heteroatoms. The van der Waals surface area contributed by atoms with Crippen LogP contribution in [-0.4, -0.2) is 41.0 Å². The Bertz CT molecular complexity index is 1310. The zero-order valence-electron chi connectivity index (χ0n) is 18.3. The van der Waals surface area contributed by atoms with E-state index in [9.17, 15) is 17.4 Å². The first-order valence-electron chi connectivity index (χ1n) is 10.6. The Labute approximate surface area is 204 Å². The number of nitrogens with zero attached hydrogens (tertiary/aromatic N) is 2. The summed E-state index contributed by atoms with van der Waals surface area (Å²) in [6.07, 6.45) is 5.03. The quantitative estimate of drug-likeness (QED) is 0.410. The zero-order valence-corrected chi connectivity index (χ0v) is 20.8. The first-order chi connectivity index (χ1) is 16.2. The highest BCUT2D eigenvalue weighted by atomic mass is 32.2. The Balaban J connectivity index is 1.49. The van der Waals surface area contributed by atoms with E-state index in [0.717, 1.165) is 17.7 Å². The lowest BCUT2D eigenvalue weighted by molar-refractivity contribution is 0.104. The van der Waals surface area contributed by atoms with Crippen LogP contribution in [0.1, 0.15) is 39.4 Å². The molecule has 0 amide bonds. The molecule has 2 aromatic heterocycles. The van der Waals surface area contributed by atoms with Crippen LogP contribution >= 0.6 is 11.3 Å². The van der Waals surface area contributed by atoms with Gasteiger partial charge in [-0.2, -0.15) is 8.42 Å². The van der Waals surface area contributed by atoms with Crippen molar-refractivity contribution in [3.8, 4) is 0 Å². The molecule has 1 aliphatic rings. The van der Waals surface area contributed by atoms with Crippen molar-refractivity contribution in [3.05, 3.63) is 64.2 Å². The summed E-state index contributed by atoms with van der Waals surface area (Å²) in [5.41, 5.74) is 0.324. The van der Waals surface area contributed by atoms with Crippen molar-refractivity contribution in [2.75, 3.05) is 11.9 Å². The molecule has 180 valence electrons. The molecule has 3 atom stereocenters. The number of carbonyl (C=O) groups is 1. The van der Waals surface area contributed by atoms with Crippen molar-refractivity contribution in [1.29, 1.82) is 0 Å². The lowest BCUT2D eigenvalue weighted by atomic mass is 10.1. The van der Waals surface area contributed by atoms with Gasteiger partial charge in [-0.05, 0) is 50.3 Å². The summed E-state index contributed by atoms with van der Waals surface area (Å²) in [7, 11) is -5.35. The van der Waals surface area contributed by atoms with Crippen molar-refractivity contribution in [2.45, 2.75) is 42.0 Å². The van der Waals surface area contributed by atoms with Crippen molar-refractivity contribution in [1.82, 2.24) is 9.97 Å². The van der Waals surface area contributed by atoms with Crippen LogP contribution in [0.25, 0.3) is 0 Å². The lowest BCUT2D eigenvalue weighted by Crippen LogP contribution is -2.22. The molecule has 1 unspecified atom stereocenters. The molecule has 1 aromatic carbocycles. The highest BCUT2D eigenvalue weighted by Crippen LogP contribution is 2.32. The third kappa shape index (κ3) is 5.94. The molecule has 4 rings (SSSR count). The topological polar surface area (TPSA) is 141 Å². The Morgan fingerprint density at radius 1 is 1.29 bits per heavy atom. The minimum absolute atomic E-state index is 0.00162. The summed E-state index contributed by atoms with van der Waals surface area (Å²) in [4.78, 5) is 24.2. The molecule has 0 spiro atoms. The van der Waals surface area contributed by atoms with Crippen molar-refractivity contribution in [3.63, 3.8) is 0 Å². The number of hydrogen-bond acceptors (Lipinski definition) is 9. The number of benzene rings is 1. The van der Waals surface area contributed by atoms with E-state index < -0.39 is 21.1 Å². The maximum Gasteiger partial charge on any atom is 0.333 e. The van der Waals surface area contributed by atoms with Gasteiger partial charge >= 0.3 is 10.3 Å². The first-order valence-corrected chi connectivity index (χ1v) is 14.0. The number of nitrogens with one attached hydrogen (secondary N) is 1. The molecule has 0 radical (unpaired) electrons. The summed E-state index contributed by atoms with van der Waals surface area (Å²) in [6.45, 7) is 1.88. The van der Waals surface area contributed by atoms with Crippen LogP contribution < -0.4 is 10.5 Å². The molecule has 1 aliphatic carbocycles. The molecule has 0 bridgehead atoms. The highest BCUT2D eigenvalue weighted by molar-refractivity contribution is 7.85. The Kier molecular flexibility index (Phi) is 7.53. The van der Waals surface area contributed by atoms with E-state index in [0.29, 0.717) is 32.5 Å². The fraction of sp³-hybridized carbons (Fsp3) is 0.318.